The molecule has 1 unspecified atom stereocenters. The summed E-state index contributed by atoms with van der Waals surface area (Å²) in [6, 6.07) is 5.64. The van der Waals surface area contributed by atoms with E-state index in [0.29, 0.717) is 18.0 Å². The fourth-order valence-electron chi connectivity index (χ4n) is 1.79. The molecule has 18 heavy (non-hydrogen) atoms. The summed E-state index contributed by atoms with van der Waals surface area (Å²) in [5.74, 6) is 0.454. The van der Waals surface area contributed by atoms with Crippen LogP contribution >= 0.6 is 15.9 Å². The van der Waals surface area contributed by atoms with Crippen molar-refractivity contribution in [3.63, 3.8) is 0 Å². The first kappa shape index (κ1) is 15.2. The highest BCUT2D eigenvalue weighted by Gasteiger charge is 2.14. The maximum absolute atomic E-state index is 12.1. The lowest BCUT2D eigenvalue weighted by Crippen LogP contribution is -2.41. The molecule has 0 saturated carbocycles. The van der Waals surface area contributed by atoms with Crippen molar-refractivity contribution in [2.24, 2.45) is 11.7 Å². The topological polar surface area (TPSA) is 55.1 Å². The van der Waals surface area contributed by atoms with Gasteiger partial charge in [0.15, 0.2) is 0 Å². The first-order chi connectivity index (χ1) is 8.43. The maximum Gasteiger partial charge on any atom is 0.251 e. The number of nitrogens with one attached hydrogen (secondary N) is 1. The van der Waals surface area contributed by atoms with Gasteiger partial charge in [-0.05, 0) is 37.0 Å². The molecule has 0 aliphatic rings. The normalized spacial score (nSPS) is 12.6. The Kier molecular flexibility index (Phi) is 5.82. The van der Waals surface area contributed by atoms with Gasteiger partial charge in [-0.1, -0.05) is 35.8 Å². The second-order valence-electron chi connectivity index (χ2n) is 5.00. The van der Waals surface area contributed by atoms with Crippen LogP contribution in [0.15, 0.2) is 22.7 Å². The van der Waals surface area contributed by atoms with Crippen molar-refractivity contribution in [2.75, 3.05) is 6.54 Å². The van der Waals surface area contributed by atoms with Crippen LogP contribution in [0.5, 0.6) is 0 Å². The van der Waals surface area contributed by atoms with Crippen LogP contribution in [0.25, 0.3) is 0 Å². The second kappa shape index (κ2) is 6.90. The fraction of sp³-hybridized carbons (Fsp3) is 0.500. The van der Waals surface area contributed by atoms with E-state index in [1.165, 1.54) is 0 Å². The molecule has 3 nitrogen and oxygen atoms in total. The number of hydrogen-bond donors (Lipinski definition) is 2. The molecule has 0 bridgehead atoms. The number of rotatable bonds is 5. The Bertz CT molecular complexity index is 418. The number of nitrogens with two attached hydrogens (primary N) is 1. The van der Waals surface area contributed by atoms with Crippen molar-refractivity contribution >= 4 is 21.8 Å². The number of hydrogen-bond acceptors (Lipinski definition) is 2. The van der Waals surface area contributed by atoms with Crippen molar-refractivity contribution in [1.82, 2.24) is 5.32 Å². The van der Waals surface area contributed by atoms with Gasteiger partial charge in [-0.2, -0.15) is 0 Å². The highest BCUT2D eigenvalue weighted by Crippen LogP contribution is 2.17. The van der Waals surface area contributed by atoms with Crippen LogP contribution in [0.2, 0.25) is 0 Å². The summed E-state index contributed by atoms with van der Waals surface area (Å²) >= 11 is 3.43. The smallest absolute Gasteiger partial charge is 0.251 e. The molecule has 0 aliphatic heterocycles. The van der Waals surface area contributed by atoms with E-state index < -0.39 is 0 Å². The molecule has 0 spiro atoms. The third kappa shape index (κ3) is 4.42. The Morgan fingerprint density at radius 1 is 1.44 bits per heavy atom. The predicted molar refractivity (Wildman–Crippen MR) is 78.6 cm³/mol. The van der Waals surface area contributed by atoms with E-state index in [0.717, 1.165) is 16.5 Å². The van der Waals surface area contributed by atoms with Crippen LogP contribution in [0, 0.1) is 12.8 Å². The summed E-state index contributed by atoms with van der Waals surface area (Å²) in [6.45, 7) is 6.71. The first-order valence-corrected chi connectivity index (χ1v) is 7.00. The third-order valence-corrected chi connectivity index (χ3v) is 3.66. The minimum absolute atomic E-state index is 0.0394. The van der Waals surface area contributed by atoms with E-state index in [1.807, 2.05) is 25.1 Å². The summed E-state index contributed by atoms with van der Waals surface area (Å²) in [4.78, 5) is 12.1. The molecular formula is C14H21BrN2O. The Labute approximate surface area is 117 Å². The Morgan fingerprint density at radius 3 is 2.61 bits per heavy atom. The second-order valence-corrected chi connectivity index (χ2v) is 5.85. The van der Waals surface area contributed by atoms with Gasteiger partial charge in [-0.3, -0.25) is 4.79 Å². The molecule has 1 atom stereocenters. The third-order valence-electron chi connectivity index (χ3n) is 2.81. The molecule has 0 fully saturated rings. The molecule has 4 heteroatoms. The molecule has 1 aromatic rings. The SMILES string of the molecule is Cc1ccc(C(=O)NC(CN)CC(C)C)cc1Br. The van der Waals surface area contributed by atoms with Gasteiger partial charge < -0.3 is 11.1 Å². The summed E-state index contributed by atoms with van der Waals surface area (Å²) in [5, 5.41) is 2.98. The molecule has 1 rings (SSSR count). The number of carbonyl (C=O) groups excluding carboxylic acids is 1. The van der Waals surface area contributed by atoms with Crippen LogP contribution in [0.3, 0.4) is 0 Å². The summed E-state index contributed by atoms with van der Waals surface area (Å²) in [7, 11) is 0. The van der Waals surface area contributed by atoms with Crippen LogP contribution in [0.4, 0.5) is 0 Å². The molecule has 0 aliphatic carbocycles. The summed E-state index contributed by atoms with van der Waals surface area (Å²) < 4.78 is 0.948. The predicted octanol–water partition coefficient (Wildman–Crippen LogP) is 2.86. The van der Waals surface area contributed by atoms with Gasteiger partial charge in [0.25, 0.3) is 5.91 Å². The molecule has 3 N–H and O–H groups in total. The highest BCUT2D eigenvalue weighted by atomic mass is 79.9. The Hall–Kier alpha value is -0.870. The van der Waals surface area contributed by atoms with E-state index in [4.69, 9.17) is 5.73 Å². The van der Waals surface area contributed by atoms with E-state index in [2.05, 4.69) is 35.1 Å². The number of halogens is 1. The largest absolute Gasteiger partial charge is 0.348 e. The zero-order chi connectivity index (χ0) is 13.7. The average molecular weight is 313 g/mol. The lowest BCUT2D eigenvalue weighted by atomic mass is 10.0. The molecule has 100 valence electrons. The van der Waals surface area contributed by atoms with Gasteiger partial charge in [-0.25, -0.2) is 0 Å². The zero-order valence-electron chi connectivity index (χ0n) is 11.2. The number of aryl methyl sites for hydroxylation is 1. The van der Waals surface area contributed by atoms with Gasteiger partial charge in [0.2, 0.25) is 0 Å². The van der Waals surface area contributed by atoms with Crippen molar-refractivity contribution in [3.05, 3.63) is 33.8 Å². The average Bonchev–Trinajstić information content (AvgIpc) is 2.31. The van der Waals surface area contributed by atoms with E-state index in [9.17, 15) is 4.79 Å². The fourth-order valence-corrected chi connectivity index (χ4v) is 2.16. The molecule has 0 aromatic heterocycles. The first-order valence-electron chi connectivity index (χ1n) is 6.21. The molecular weight excluding hydrogens is 292 g/mol. The van der Waals surface area contributed by atoms with Gasteiger partial charge in [0.1, 0.15) is 0 Å². The lowest BCUT2D eigenvalue weighted by Gasteiger charge is -2.19. The molecule has 0 radical (unpaired) electrons. The van der Waals surface area contributed by atoms with Crippen molar-refractivity contribution < 1.29 is 4.79 Å². The Balaban J connectivity index is 2.71. The minimum Gasteiger partial charge on any atom is -0.348 e. The van der Waals surface area contributed by atoms with Gasteiger partial charge >= 0.3 is 0 Å². The van der Waals surface area contributed by atoms with Crippen LogP contribution in [0.1, 0.15) is 36.2 Å². The summed E-state index contributed by atoms with van der Waals surface area (Å²) in [6.07, 6.45) is 0.898. The standard InChI is InChI=1S/C14H21BrN2O/c1-9(2)6-12(8-16)17-14(18)11-5-4-10(3)13(15)7-11/h4-5,7,9,12H,6,8,16H2,1-3H3,(H,17,18). The molecule has 0 heterocycles. The number of amides is 1. The lowest BCUT2D eigenvalue weighted by molar-refractivity contribution is 0.0933. The van der Waals surface area contributed by atoms with Gasteiger partial charge in [0.05, 0.1) is 0 Å². The summed E-state index contributed by atoms with van der Waals surface area (Å²) in [5.41, 5.74) is 7.45. The number of carbonyl (C=O) groups is 1. The highest BCUT2D eigenvalue weighted by molar-refractivity contribution is 9.10. The monoisotopic (exact) mass is 312 g/mol. The number of benzene rings is 1. The molecule has 1 aromatic carbocycles. The van der Waals surface area contributed by atoms with Crippen molar-refractivity contribution in [1.29, 1.82) is 0 Å². The van der Waals surface area contributed by atoms with E-state index in [-0.39, 0.29) is 11.9 Å². The van der Waals surface area contributed by atoms with Crippen LogP contribution in [-0.4, -0.2) is 18.5 Å². The van der Waals surface area contributed by atoms with Gasteiger partial charge in [0, 0.05) is 22.6 Å². The minimum atomic E-state index is -0.0631. The zero-order valence-corrected chi connectivity index (χ0v) is 12.8. The van der Waals surface area contributed by atoms with E-state index in [1.54, 1.807) is 0 Å². The van der Waals surface area contributed by atoms with Crippen LogP contribution in [-0.2, 0) is 0 Å². The van der Waals surface area contributed by atoms with Crippen LogP contribution < -0.4 is 11.1 Å². The molecule has 1 amide bonds. The quantitative estimate of drug-likeness (QED) is 0.878. The van der Waals surface area contributed by atoms with Crippen molar-refractivity contribution in [2.45, 2.75) is 33.2 Å². The Morgan fingerprint density at radius 2 is 2.11 bits per heavy atom. The maximum atomic E-state index is 12.1. The van der Waals surface area contributed by atoms with E-state index >= 15 is 0 Å². The molecule has 0 saturated heterocycles. The van der Waals surface area contributed by atoms with Crippen molar-refractivity contribution in [3.8, 4) is 0 Å². The van der Waals surface area contributed by atoms with Gasteiger partial charge in [-0.15, -0.1) is 0 Å².